The minimum absolute atomic E-state index is 0.184. The summed E-state index contributed by atoms with van der Waals surface area (Å²) in [5, 5.41) is 2.84. The third-order valence-corrected chi connectivity index (χ3v) is 3.88. The number of hydrogen-bond donors (Lipinski definition) is 1. The molecule has 0 radical (unpaired) electrons. The van der Waals surface area contributed by atoms with Gasteiger partial charge in [-0.2, -0.15) is 0 Å². The lowest BCUT2D eigenvalue weighted by Crippen LogP contribution is -2.44. The molecule has 1 aliphatic rings. The van der Waals surface area contributed by atoms with Crippen LogP contribution in [0.15, 0.2) is 12.3 Å². The Kier molecular flexibility index (Phi) is 4.54. The Morgan fingerprint density at radius 2 is 2.15 bits per heavy atom. The number of nitrogens with one attached hydrogen (secondary N) is 1. The van der Waals surface area contributed by atoms with E-state index in [0.29, 0.717) is 5.82 Å². The fraction of sp³-hybridized carbons (Fsp3) is 0.571. The molecule has 1 aliphatic heterocycles. The van der Waals surface area contributed by atoms with Crippen LogP contribution in [0.2, 0.25) is 0 Å². The molecule has 1 amide bonds. The summed E-state index contributed by atoms with van der Waals surface area (Å²) in [6, 6.07) is 1.44. The van der Waals surface area contributed by atoms with Crippen molar-refractivity contribution in [2.45, 2.75) is 18.9 Å². The van der Waals surface area contributed by atoms with Gasteiger partial charge < -0.3 is 15.1 Å². The van der Waals surface area contributed by atoms with Crippen LogP contribution in [0.25, 0.3) is 0 Å². The van der Waals surface area contributed by atoms with E-state index in [-0.39, 0.29) is 17.5 Å². The highest BCUT2D eigenvalue weighted by atomic mass is 19.1. The number of likely N-dealkylation sites (tertiary alicyclic amines) is 1. The minimum atomic E-state index is -0.496. The molecule has 1 fully saturated rings. The molecule has 6 heteroatoms. The molecule has 2 rings (SSSR count). The van der Waals surface area contributed by atoms with Gasteiger partial charge in [0.25, 0.3) is 5.91 Å². The quantitative estimate of drug-likeness (QED) is 0.910. The van der Waals surface area contributed by atoms with Crippen LogP contribution in [-0.2, 0) is 0 Å². The van der Waals surface area contributed by atoms with Gasteiger partial charge in [-0.15, -0.1) is 0 Å². The molecule has 2 heterocycles. The van der Waals surface area contributed by atoms with Crippen molar-refractivity contribution in [3.8, 4) is 0 Å². The van der Waals surface area contributed by atoms with E-state index < -0.39 is 5.82 Å². The molecule has 20 heavy (non-hydrogen) atoms. The van der Waals surface area contributed by atoms with Crippen molar-refractivity contribution in [2.75, 3.05) is 39.5 Å². The minimum Gasteiger partial charge on any atom is -0.372 e. The Balaban J connectivity index is 2.16. The Morgan fingerprint density at radius 3 is 2.75 bits per heavy atom. The number of amides is 1. The fourth-order valence-electron chi connectivity index (χ4n) is 2.54. The van der Waals surface area contributed by atoms with Gasteiger partial charge in [0.15, 0.2) is 0 Å². The smallest absolute Gasteiger partial charge is 0.257 e. The largest absolute Gasteiger partial charge is 0.372 e. The number of carbonyl (C=O) groups excluding carboxylic acids is 1. The normalized spacial score (nSPS) is 17.0. The average molecular weight is 280 g/mol. The predicted octanol–water partition coefficient (Wildman–Crippen LogP) is 1.43. The van der Waals surface area contributed by atoms with Gasteiger partial charge in [-0.05, 0) is 39.0 Å². The number of piperidine rings is 1. The first-order valence-electron chi connectivity index (χ1n) is 6.82. The molecule has 0 bridgehead atoms. The molecule has 0 spiro atoms. The molecule has 0 aromatic carbocycles. The van der Waals surface area contributed by atoms with E-state index in [2.05, 4.69) is 22.2 Å². The van der Waals surface area contributed by atoms with Crippen molar-refractivity contribution < 1.29 is 9.18 Å². The molecule has 0 aliphatic carbocycles. The van der Waals surface area contributed by atoms with Crippen molar-refractivity contribution >= 4 is 11.7 Å². The number of anilines is 1. The van der Waals surface area contributed by atoms with E-state index in [1.807, 2.05) is 0 Å². The van der Waals surface area contributed by atoms with Crippen LogP contribution in [0.3, 0.4) is 0 Å². The number of aromatic nitrogens is 1. The van der Waals surface area contributed by atoms with E-state index >= 15 is 0 Å². The maximum atomic E-state index is 13.3. The second-order valence-electron chi connectivity index (χ2n) is 5.25. The van der Waals surface area contributed by atoms with Gasteiger partial charge in [-0.25, -0.2) is 9.37 Å². The number of halogens is 1. The van der Waals surface area contributed by atoms with E-state index in [1.165, 1.54) is 6.07 Å². The van der Waals surface area contributed by atoms with Crippen molar-refractivity contribution in [3.63, 3.8) is 0 Å². The average Bonchev–Trinajstić information content (AvgIpc) is 2.46. The zero-order valence-corrected chi connectivity index (χ0v) is 12.2. The lowest BCUT2D eigenvalue weighted by atomic mass is 10.0. The van der Waals surface area contributed by atoms with Gasteiger partial charge >= 0.3 is 0 Å². The number of hydrogen-bond acceptors (Lipinski definition) is 4. The summed E-state index contributed by atoms with van der Waals surface area (Å²) >= 11 is 0. The van der Waals surface area contributed by atoms with E-state index in [1.54, 1.807) is 19.0 Å². The molecule has 0 saturated carbocycles. The Labute approximate surface area is 118 Å². The van der Waals surface area contributed by atoms with Gasteiger partial charge in [-0.1, -0.05) is 0 Å². The molecule has 110 valence electrons. The monoisotopic (exact) mass is 280 g/mol. The van der Waals surface area contributed by atoms with Crippen LogP contribution in [0, 0.1) is 5.82 Å². The van der Waals surface area contributed by atoms with Crippen LogP contribution >= 0.6 is 0 Å². The van der Waals surface area contributed by atoms with Gasteiger partial charge in [0.05, 0.1) is 11.8 Å². The van der Waals surface area contributed by atoms with Gasteiger partial charge in [0.1, 0.15) is 11.6 Å². The van der Waals surface area contributed by atoms with E-state index in [9.17, 15) is 9.18 Å². The summed E-state index contributed by atoms with van der Waals surface area (Å²) in [6.45, 7) is 1.95. The third-order valence-electron chi connectivity index (χ3n) is 3.88. The molecule has 1 aromatic rings. The van der Waals surface area contributed by atoms with Crippen LogP contribution in [0.4, 0.5) is 10.2 Å². The fourth-order valence-corrected chi connectivity index (χ4v) is 2.54. The van der Waals surface area contributed by atoms with Gasteiger partial charge in [0, 0.05) is 20.1 Å². The molecular weight excluding hydrogens is 259 g/mol. The first-order valence-corrected chi connectivity index (χ1v) is 6.82. The number of carbonyl (C=O) groups is 1. The lowest BCUT2D eigenvalue weighted by molar-refractivity contribution is 0.0659. The number of nitrogens with zero attached hydrogens (tertiary/aromatic N) is 3. The summed E-state index contributed by atoms with van der Waals surface area (Å²) in [6.07, 6.45) is 2.99. The van der Waals surface area contributed by atoms with Crippen LogP contribution < -0.4 is 5.32 Å². The zero-order chi connectivity index (χ0) is 14.7. The SMILES string of the molecule is CNc1ncc(F)cc1C(=O)N(C)C1CCN(C)CC1. The Hall–Kier alpha value is -1.69. The van der Waals surface area contributed by atoms with Gasteiger partial charge in [0.2, 0.25) is 0 Å². The molecular formula is C14H21FN4O. The van der Waals surface area contributed by atoms with Crippen molar-refractivity contribution in [1.29, 1.82) is 0 Å². The molecule has 5 nitrogen and oxygen atoms in total. The summed E-state index contributed by atoms with van der Waals surface area (Å²) in [4.78, 5) is 20.4. The summed E-state index contributed by atoms with van der Waals surface area (Å²) < 4.78 is 13.3. The van der Waals surface area contributed by atoms with Crippen molar-refractivity contribution in [3.05, 3.63) is 23.6 Å². The second kappa shape index (κ2) is 6.17. The van der Waals surface area contributed by atoms with E-state index in [0.717, 1.165) is 32.1 Å². The molecule has 0 atom stereocenters. The first-order chi connectivity index (χ1) is 9.52. The first kappa shape index (κ1) is 14.7. The van der Waals surface area contributed by atoms with E-state index in [4.69, 9.17) is 0 Å². The van der Waals surface area contributed by atoms with Crippen LogP contribution in [-0.4, -0.2) is 61.0 Å². The van der Waals surface area contributed by atoms with Gasteiger partial charge in [-0.3, -0.25) is 4.79 Å². The summed E-state index contributed by atoms with van der Waals surface area (Å²) in [5.74, 6) is -0.267. The zero-order valence-electron chi connectivity index (χ0n) is 12.2. The molecule has 1 aromatic heterocycles. The number of pyridine rings is 1. The molecule has 1 N–H and O–H groups in total. The highest BCUT2D eigenvalue weighted by molar-refractivity contribution is 5.98. The third kappa shape index (κ3) is 3.07. The Bertz CT molecular complexity index is 486. The molecule has 1 saturated heterocycles. The maximum absolute atomic E-state index is 13.3. The Morgan fingerprint density at radius 1 is 1.50 bits per heavy atom. The second-order valence-corrected chi connectivity index (χ2v) is 5.25. The standard InChI is InChI=1S/C14H21FN4O/c1-16-13-12(8-10(15)9-17-13)14(20)19(3)11-4-6-18(2)7-5-11/h8-9,11H,4-7H2,1-3H3,(H,16,17). The topological polar surface area (TPSA) is 48.5 Å². The predicted molar refractivity (Wildman–Crippen MR) is 76.4 cm³/mol. The lowest BCUT2D eigenvalue weighted by Gasteiger charge is -2.35. The van der Waals surface area contributed by atoms with Crippen molar-refractivity contribution in [1.82, 2.24) is 14.8 Å². The highest BCUT2D eigenvalue weighted by Gasteiger charge is 2.26. The maximum Gasteiger partial charge on any atom is 0.257 e. The highest BCUT2D eigenvalue weighted by Crippen LogP contribution is 2.20. The van der Waals surface area contributed by atoms with Crippen molar-refractivity contribution in [2.24, 2.45) is 0 Å². The summed E-state index contributed by atoms with van der Waals surface area (Å²) in [7, 11) is 5.53. The van der Waals surface area contributed by atoms with Crippen LogP contribution in [0.5, 0.6) is 0 Å². The number of rotatable bonds is 3. The molecule has 0 unspecified atom stereocenters. The van der Waals surface area contributed by atoms with Crippen LogP contribution in [0.1, 0.15) is 23.2 Å². The summed E-state index contributed by atoms with van der Waals surface area (Å²) in [5.41, 5.74) is 0.286.